The van der Waals surface area contributed by atoms with Crippen molar-refractivity contribution in [2.24, 2.45) is 0 Å². The largest absolute Gasteiger partial charge is 0.376 e. The maximum atomic E-state index is 14.0. The molecule has 1 N–H and O–H groups in total. The number of hydrogen-bond acceptors (Lipinski definition) is 4. The lowest BCUT2D eigenvalue weighted by molar-refractivity contribution is 0.0851. The van der Waals surface area contributed by atoms with E-state index in [1.807, 2.05) is 0 Å². The summed E-state index contributed by atoms with van der Waals surface area (Å²) < 4.78 is 20.7. The highest BCUT2D eigenvalue weighted by Gasteiger charge is 2.20. The molecule has 1 aromatic carbocycles. The number of nitrogens with zero attached hydrogens (tertiary/aromatic N) is 2. The molecule has 1 fully saturated rings. The number of rotatable bonds is 4. The summed E-state index contributed by atoms with van der Waals surface area (Å²) in [4.78, 5) is 24.4. The Kier molecular flexibility index (Phi) is 4.71. The molecule has 0 bridgehead atoms. The van der Waals surface area contributed by atoms with Crippen LogP contribution in [-0.4, -0.2) is 34.9 Å². The van der Waals surface area contributed by atoms with Gasteiger partial charge in [-0.3, -0.25) is 9.59 Å². The number of carbonyl (C=O) groups is 1. The molecule has 1 unspecified atom stereocenters. The zero-order chi connectivity index (χ0) is 17.1. The van der Waals surface area contributed by atoms with E-state index in [9.17, 15) is 14.0 Å². The van der Waals surface area contributed by atoms with Gasteiger partial charge in [0.15, 0.2) is 5.69 Å². The second-order valence-electron chi connectivity index (χ2n) is 5.71. The van der Waals surface area contributed by atoms with Crippen LogP contribution in [-0.2, 0) is 4.74 Å². The minimum absolute atomic E-state index is 0.0341. The molecule has 1 aliphatic rings. The van der Waals surface area contributed by atoms with E-state index < -0.39 is 17.2 Å². The Labute approximate surface area is 138 Å². The molecular formula is C17H18FN3O3. The first-order valence-corrected chi connectivity index (χ1v) is 7.82. The normalized spacial score (nSPS) is 17.0. The van der Waals surface area contributed by atoms with Crippen LogP contribution in [0.4, 0.5) is 4.39 Å². The standard InChI is InChI=1S/C17H18FN3O3/c1-11-9-15(22)16(17(23)19-10-12-5-4-8-24-12)20-21(11)14-7-3-2-6-13(14)18/h2-3,6-7,9,12H,4-5,8,10H2,1H3,(H,19,23). The Morgan fingerprint density at radius 2 is 2.25 bits per heavy atom. The third kappa shape index (κ3) is 3.35. The van der Waals surface area contributed by atoms with Crippen molar-refractivity contribution in [3.63, 3.8) is 0 Å². The van der Waals surface area contributed by atoms with E-state index in [0.29, 0.717) is 18.8 Å². The average Bonchev–Trinajstić information content (AvgIpc) is 3.07. The van der Waals surface area contributed by atoms with Crippen LogP contribution < -0.4 is 10.7 Å². The SMILES string of the molecule is Cc1cc(=O)c(C(=O)NCC2CCCO2)nn1-c1ccccc1F. The summed E-state index contributed by atoms with van der Waals surface area (Å²) in [6.45, 7) is 2.64. The van der Waals surface area contributed by atoms with Gasteiger partial charge in [0.1, 0.15) is 11.5 Å². The quantitative estimate of drug-likeness (QED) is 0.923. The molecule has 1 atom stereocenters. The number of aryl methyl sites for hydroxylation is 1. The number of amides is 1. The fourth-order valence-electron chi connectivity index (χ4n) is 2.67. The van der Waals surface area contributed by atoms with Crippen molar-refractivity contribution in [1.82, 2.24) is 15.1 Å². The first kappa shape index (κ1) is 16.3. The number of para-hydroxylation sites is 1. The molecule has 2 aromatic rings. The van der Waals surface area contributed by atoms with Crippen molar-refractivity contribution < 1.29 is 13.9 Å². The van der Waals surface area contributed by atoms with Crippen LogP contribution in [0.3, 0.4) is 0 Å². The van der Waals surface area contributed by atoms with Crippen molar-refractivity contribution in [2.45, 2.75) is 25.9 Å². The van der Waals surface area contributed by atoms with Crippen molar-refractivity contribution in [3.05, 3.63) is 57.8 Å². The van der Waals surface area contributed by atoms with Gasteiger partial charge in [-0.2, -0.15) is 5.10 Å². The number of nitrogens with one attached hydrogen (secondary N) is 1. The zero-order valence-electron chi connectivity index (χ0n) is 13.3. The van der Waals surface area contributed by atoms with Crippen molar-refractivity contribution in [1.29, 1.82) is 0 Å². The second kappa shape index (κ2) is 6.92. The summed E-state index contributed by atoms with van der Waals surface area (Å²) >= 11 is 0. The summed E-state index contributed by atoms with van der Waals surface area (Å²) in [6.07, 6.45) is 1.80. The van der Waals surface area contributed by atoms with Gasteiger partial charge in [-0.15, -0.1) is 0 Å². The van der Waals surface area contributed by atoms with E-state index in [2.05, 4.69) is 10.4 Å². The molecule has 1 aliphatic heterocycles. The van der Waals surface area contributed by atoms with Crippen molar-refractivity contribution in [2.75, 3.05) is 13.2 Å². The van der Waals surface area contributed by atoms with E-state index in [0.717, 1.165) is 12.8 Å². The number of aromatic nitrogens is 2. The number of carbonyl (C=O) groups excluding carboxylic acids is 1. The number of hydrogen-bond donors (Lipinski definition) is 1. The molecule has 0 saturated carbocycles. The molecule has 1 aromatic heterocycles. The van der Waals surface area contributed by atoms with Gasteiger partial charge >= 0.3 is 0 Å². The summed E-state index contributed by atoms with van der Waals surface area (Å²) in [7, 11) is 0. The van der Waals surface area contributed by atoms with Crippen LogP contribution >= 0.6 is 0 Å². The van der Waals surface area contributed by atoms with Gasteiger partial charge < -0.3 is 10.1 Å². The number of halogens is 1. The maximum absolute atomic E-state index is 14.0. The lowest BCUT2D eigenvalue weighted by Gasteiger charge is -2.13. The first-order chi connectivity index (χ1) is 11.6. The van der Waals surface area contributed by atoms with Crippen LogP contribution in [0.5, 0.6) is 0 Å². The molecule has 126 valence electrons. The molecule has 0 spiro atoms. The highest BCUT2D eigenvalue weighted by Crippen LogP contribution is 2.13. The highest BCUT2D eigenvalue weighted by atomic mass is 19.1. The predicted molar refractivity (Wildman–Crippen MR) is 85.8 cm³/mol. The maximum Gasteiger partial charge on any atom is 0.275 e. The Morgan fingerprint density at radius 1 is 1.46 bits per heavy atom. The second-order valence-corrected chi connectivity index (χ2v) is 5.71. The lowest BCUT2D eigenvalue weighted by Crippen LogP contribution is -2.36. The number of benzene rings is 1. The van der Waals surface area contributed by atoms with Crippen molar-refractivity contribution in [3.8, 4) is 5.69 Å². The zero-order valence-corrected chi connectivity index (χ0v) is 13.3. The fourth-order valence-corrected chi connectivity index (χ4v) is 2.67. The predicted octanol–water partition coefficient (Wildman–Crippen LogP) is 1.59. The van der Waals surface area contributed by atoms with E-state index in [4.69, 9.17) is 4.74 Å². The van der Waals surface area contributed by atoms with Gasteiger partial charge in [0.05, 0.1) is 6.10 Å². The molecule has 0 aliphatic carbocycles. The summed E-state index contributed by atoms with van der Waals surface area (Å²) in [5.74, 6) is -1.07. The summed E-state index contributed by atoms with van der Waals surface area (Å²) in [6, 6.07) is 7.33. The van der Waals surface area contributed by atoms with Crippen LogP contribution in [0.15, 0.2) is 35.1 Å². The Bertz CT molecular complexity index is 813. The average molecular weight is 331 g/mol. The number of ether oxygens (including phenoxy) is 1. The van der Waals surface area contributed by atoms with Gasteiger partial charge in [0.25, 0.3) is 5.91 Å². The van der Waals surface area contributed by atoms with Crippen LogP contribution in [0, 0.1) is 12.7 Å². The van der Waals surface area contributed by atoms with E-state index in [1.165, 1.54) is 22.9 Å². The summed E-state index contributed by atoms with van der Waals surface area (Å²) in [5, 5.41) is 6.72. The lowest BCUT2D eigenvalue weighted by atomic mass is 10.2. The first-order valence-electron chi connectivity index (χ1n) is 7.82. The van der Waals surface area contributed by atoms with Crippen LogP contribution in [0.25, 0.3) is 5.69 Å². The molecule has 24 heavy (non-hydrogen) atoms. The molecule has 0 radical (unpaired) electrons. The van der Waals surface area contributed by atoms with E-state index >= 15 is 0 Å². The van der Waals surface area contributed by atoms with Gasteiger partial charge in [-0.05, 0) is 31.9 Å². The smallest absolute Gasteiger partial charge is 0.275 e. The molecule has 7 heteroatoms. The Balaban J connectivity index is 1.88. The van der Waals surface area contributed by atoms with Gasteiger partial charge in [0.2, 0.25) is 5.43 Å². The topological polar surface area (TPSA) is 73.2 Å². The van der Waals surface area contributed by atoms with Crippen LogP contribution in [0.2, 0.25) is 0 Å². The third-order valence-electron chi connectivity index (χ3n) is 3.92. The fraction of sp³-hybridized carbons (Fsp3) is 0.353. The third-order valence-corrected chi connectivity index (χ3v) is 3.92. The minimum Gasteiger partial charge on any atom is -0.376 e. The summed E-state index contributed by atoms with van der Waals surface area (Å²) in [5.41, 5.74) is -0.129. The van der Waals surface area contributed by atoms with Gasteiger partial charge in [-0.25, -0.2) is 9.07 Å². The van der Waals surface area contributed by atoms with E-state index in [-0.39, 0.29) is 17.5 Å². The molecule has 2 heterocycles. The van der Waals surface area contributed by atoms with Gasteiger partial charge in [-0.1, -0.05) is 12.1 Å². The Morgan fingerprint density at radius 3 is 2.96 bits per heavy atom. The van der Waals surface area contributed by atoms with Gasteiger partial charge in [0, 0.05) is 24.9 Å². The highest BCUT2D eigenvalue weighted by molar-refractivity contribution is 5.92. The monoisotopic (exact) mass is 331 g/mol. The van der Waals surface area contributed by atoms with E-state index in [1.54, 1.807) is 19.1 Å². The molecule has 6 nitrogen and oxygen atoms in total. The molecule has 3 rings (SSSR count). The minimum atomic E-state index is -0.583. The van der Waals surface area contributed by atoms with Crippen molar-refractivity contribution >= 4 is 5.91 Å². The molecular weight excluding hydrogens is 313 g/mol. The van der Waals surface area contributed by atoms with Crippen LogP contribution in [0.1, 0.15) is 29.0 Å². The Hall–Kier alpha value is -2.54. The molecule has 1 amide bonds. The molecule has 1 saturated heterocycles.